The molecule has 1 aliphatic heterocycles. The second-order valence-electron chi connectivity index (χ2n) is 6.81. The molecule has 1 aromatic heterocycles. The molecule has 1 aromatic carbocycles. The molecule has 1 N–H and O–H groups in total. The first-order valence-corrected chi connectivity index (χ1v) is 11.9. The minimum absolute atomic E-state index is 0.180. The molecule has 30 heavy (non-hydrogen) atoms. The zero-order valence-electron chi connectivity index (χ0n) is 17.3. The number of hydrogen-bond acceptors (Lipinski definition) is 7. The standard InChI is InChI=1S/C20H26N2O6S2/c1-26-15-12-14(13-16(27-2)19(15)28-3)21-20(23)17-8-9-18(29-17)30(24,25)22-10-6-4-5-7-11-22/h8-9,12-13H,4-7,10-11H2,1-3H3,(H,21,23). The van der Waals surface area contributed by atoms with Crippen LogP contribution in [0.15, 0.2) is 28.5 Å². The van der Waals surface area contributed by atoms with Gasteiger partial charge in [-0.25, -0.2) is 8.42 Å². The van der Waals surface area contributed by atoms with Crippen LogP contribution in [0.2, 0.25) is 0 Å². The first kappa shape index (κ1) is 22.4. The van der Waals surface area contributed by atoms with E-state index in [-0.39, 0.29) is 4.21 Å². The summed E-state index contributed by atoms with van der Waals surface area (Å²) in [5.41, 5.74) is 0.444. The highest BCUT2D eigenvalue weighted by molar-refractivity contribution is 7.91. The van der Waals surface area contributed by atoms with Gasteiger partial charge in [-0.1, -0.05) is 12.8 Å². The summed E-state index contributed by atoms with van der Waals surface area (Å²) in [6.07, 6.45) is 3.80. The Bertz CT molecular complexity index is 969. The number of nitrogens with zero attached hydrogens (tertiary/aromatic N) is 1. The van der Waals surface area contributed by atoms with Crippen molar-refractivity contribution in [2.24, 2.45) is 0 Å². The van der Waals surface area contributed by atoms with Crippen LogP contribution in [-0.2, 0) is 10.0 Å². The van der Waals surface area contributed by atoms with Crippen molar-refractivity contribution in [3.63, 3.8) is 0 Å². The number of methoxy groups -OCH3 is 3. The molecule has 0 radical (unpaired) electrons. The van der Waals surface area contributed by atoms with Crippen LogP contribution in [0.3, 0.4) is 0 Å². The van der Waals surface area contributed by atoms with Gasteiger partial charge in [0.25, 0.3) is 15.9 Å². The van der Waals surface area contributed by atoms with Crippen molar-refractivity contribution in [3.8, 4) is 17.2 Å². The van der Waals surface area contributed by atoms with E-state index in [9.17, 15) is 13.2 Å². The quantitative estimate of drug-likeness (QED) is 0.687. The third kappa shape index (κ3) is 4.71. The van der Waals surface area contributed by atoms with Crippen LogP contribution in [0.1, 0.15) is 35.4 Å². The van der Waals surface area contributed by atoms with Crippen molar-refractivity contribution in [2.45, 2.75) is 29.9 Å². The smallest absolute Gasteiger partial charge is 0.265 e. The Labute approximate surface area is 180 Å². The van der Waals surface area contributed by atoms with Crippen molar-refractivity contribution in [3.05, 3.63) is 29.1 Å². The molecule has 8 nitrogen and oxygen atoms in total. The van der Waals surface area contributed by atoms with Crippen LogP contribution in [0.25, 0.3) is 0 Å². The van der Waals surface area contributed by atoms with Gasteiger partial charge in [0, 0.05) is 30.9 Å². The van der Waals surface area contributed by atoms with E-state index in [1.54, 1.807) is 12.1 Å². The number of amides is 1. The maximum atomic E-state index is 12.9. The van der Waals surface area contributed by atoms with E-state index < -0.39 is 15.9 Å². The average Bonchev–Trinajstić information content (AvgIpc) is 3.09. The van der Waals surface area contributed by atoms with Crippen molar-refractivity contribution in [2.75, 3.05) is 39.7 Å². The molecule has 1 aliphatic rings. The molecule has 1 saturated heterocycles. The largest absolute Gasteiger partial charge is 0.493 e. The summed E-state index contributed by atoms with van der Waals surface area (Å²) in [5, 5.41) is 2.76. The van der Waals surface area contributed by atoms with Gasteiger partial charge in [-0.3, -0.25) is 4.79 Å². The predicted molar refractivity (Wildman–Crippen MR) is 116 cm³/mol. The van der Waals surface area contributed by atoms with Gasteiger partial charge in [-0.2, -0.15) is 4.31 Å². The summed E-state index contributed by atoms with van der Waals surface area (Å²) >= 11 is 0.966. The zero-order valence-corrected chi connectivity index (χ0v) is 18.9. The molecule has 0 unspecified atom stereocenters. The highest BCUT2D eigenvalue weighted by atomic mass is 32.2. The number of sulfonamides is 1. The van der Waals surface area contributed by atoms with Crippen molar-refractivity contribution in [1.29, 1.82) is 0 Å². The number of rotatable bonds is 7. The number of nitrogens with one attached hydrogen (secondary N) is 1. The molecule has 0 saturated carbocycles. The molecule has 1 amide bonds. The van der Waals surface area contributed by atoms with Crippen LogP contribution in [-0.4, -0.2) is 53.0 Å². The van der Waals surface area contributed by atoms with Crippen LogP contribution in [0.5, 0.6) is 17.2 Å². The Morgan fingerprint density at radius 1 is 0.967 bits per heavy atom. The van der Waals surface area contributed by atoms with Gasteiger partial charge in [0.05, 0.1) is 26.2 Å². The van der Waals surface area contributed by atoms with E-state index in [0.717, 1.165) is 37.0 Å². The van der Waals surface area contributed by atoms with Crippen molar-refractivity contribution >= 4 is 33.0 Å². The maximum Gasteiger partial charge on any atom is 0.265 e. The molecule has 10 heteroatoms. The van der Waals surface area contributed by atoms with E-state index in [1.165, 1.54) is 37.8 Å². The van der Waals surface area contributed by atoms with Crippen LogP contribution < -0.4 is 19.5 Å². The molecule has 2 aromatic rings. The van der Waals surface area contributed by atoms with Gasteiger partial charge < -0.3 is 19.5 Å². The summed E-state index contributed by atoms with van der Waals surface area (Å²) in [5.74, 6) is 0.817. The van der Waals surface area contributed by atoms with Gasteiger partial charge in [0.2, 0.25) is 5.75 Å². The molecule has 0 bridgehead atoms. The summed E-state index contributed by atoms with van der Waals surface area (Å²) in [4.78, 5) is 13.0. The number of carbonyl (C=O) groups is 1. The fourth-order valence-electron chi connectivity index (χ4n) is 3.34. The van der Waals surface area contributed by atoms with E-state index in [4.69, 9.17) is 14.2 Å². The topological polar surface area (TPSA) is 94.2 Å². The summed E-state index contributed by atoms with van der Waals surface area (Å²) in [7, 11) is 0.887. The second kappa shape index (κ2) is 9.67. The lowest BCUT2D eigenvalue weighted by atomic mass is 10.2. The van der Waals surface area contributed by atoms with Crippen molar-refractivity contribution < 1.29 is 27.4 Å². The Hall–Kier alpha value is -2.30. The van der Waals surface area contributed by atoms with Gasteiger partial charge in [0.1, 0.15) is 4.21 Å². The Morgan fingerprint density at radius 3 is 2.10 bits per heavy atom. The first-order chi connectivity index (χ1) is 14.4. The second-order valence-corrected chi connectivity index (χ2v) is 10.1. The fourth-order valence-corrected chi connectivity index (χ4v) is 6.21. The number of anilines is 1. The molecule has 0 atom stereocenters. The van der Waals surface area contributed by atoms with Crippen LogP contribution >= 0.6 is 11.3 Å². The van der Waals surface area contributed by atoms with Gasteiger partial charge in [-0.15, -0.1) is 11.3 Å². The van der Waals surface area contributed by atoms with Crippen LogP contribution in [0, 0.1) is 0 Å². The average molecular weight is 455 g/mol. The Morgan fingerprint density at radius 2 is 1.57 bits per heavy atom. The molecule has 1 fully saturated rings. The van der Waals surface area contributed by atoms with E-state index in [2.05, 4.69) is 5.32 Å². The molecule has 0 aliphatic carbocycles. The lowest BCUT2D eigenvalue weighted by Gasteiger charge is -2.18. The lowest BCUT2D eigenvalue weighted by molar-refractivity contribution is 0.103. The van der Waals surface area contributed by atoms with Gasteiger partial charge in [-0.05, 0) is 25.0 Å². The number of hydrogen-bond donors (Lipinski definition) is 1. The Kier molecular flexibility index (Phi) is 7.22. The zero-order chi connectivity index (χ0) is 21.7. The van der Waals surface area contributed by atoms with Crippen molar-refractivity contribution in [1.82, 2.24) is 4.31 Å². The minimum atomic E-state index is -3.59. The highest BCUT2D eigenvalue weighted by Crippen LogP contribution is 2.40. The van der Waals surface area contributed by atoms with E-state index in [1.807, 2.05) is 0 Å². The molecular weight excluding hydrogens is 428 g/mol. The molecule has 0 spiro atoms. The summed E-state index contributed by atoms with van der Waals surface area (Å²) in [6, 6.07) is 6.25. The SMILES string of the molecule is COc1cc(NC(=O)c2ccc(S(=O)(=O)N3CCCCCC3)s2)cc(OC)c1OC. The predicted octanol–water partition coefficient (Wildman–Crippen LogP) is 3.59. The van der Waals surface area contributed by atoms with E-state index in [0.29, 0.717) is 40.9 Å². The third-order valence-electron chi connectivity index (χ3n) is 4.89. The third-order valence-corrected chi connectivity index (χ3v) is 8.34. The van der Waals surface area contributed by atoms with Crippen LogP contribution in [0.4, 0.5) is 5.69 Å². The monoisotopic (exact) mass is 454 g/mol. The Balaban J connectivity index is 1.80. The molecule has 2 heterocycles. The van der Waals surface area contributed by atoms with Gasteiger partial charge in [0.15, 0.2) is 11.5 Å². The fraction of sp³-hybridized carbons (Fsp3) is 0.450. The summed E-state index contributed by atoms with van der Waals surface area (Å²) in [6.45, 7) is 1.04. The number of thiophene rings is 1. The van der Waals surface area contributed by atoms with Gasteiger partial charge >= 0.3 is 0 Å². The molecule has 3 rings (SSSR count). The number of carbonyl (C=O) groups excluding carboxylic acids is 1. The number of ether oxygens (including phenoxy) is 3. The lowest BCUT2D eigenvalue weighted by Crippen LogP contribution is -2.31. The highest BCUT2D eigenvalue weighted by Gasteiger charge is 2.27. The number of benzene rings is 1. The molecular formula is C20H26N2O6S2. The first-order valence-electron chi connectivity index (χ1n) is 9.62. The minimum Gasteiger partial charge on any atom is -0.493 e. The normalized spacial score (nSPS) is 15.3. The van der Waals surface area contributed by atoms with E-state index >= 15 is 0 Å². The molecule has 164 valence electrons. The summed E-state index contributed by atoms with van der Waals surface area (Å²) < 4.78 is 43.4. The maximum absolute atomic E-state index is 12.9.